The molecule has 0 aliphatic rings. The number of alkyl halides is 2. The van der Waals surface area contributed by atoms with Gasteiger partial charge in [0.05, 0.1) is 6.54 Å². The molecule has 0 aliphatic carbocycles. The fourth-order valence-electron chi connectivity index (χ4n) is 2.70. The van der Waals surface area contributed by atoms with Gasteiger partial charge in [-0.3, -0.25) is 9.59 Å². The van der Waals surface area contributed by atoms with E-state index in [0.29, 0.717) is 11.1 Å². The van der Waals surface area contributed by atoms with Crippen molar-refractivity contribution in [3.8, 4) is 0 Å². The van der Waals surface area contributed by atoms with Gasteiger partial charge < -0.3 is 10.6 Å². The molecule has 0 radical (unpaired) electrons. The van der Waals surface area contributed by atoms with Gasteiger partial charge in [0.2, 0.25) is 5.91 Å². The summed E-state index contributed by atoms with van der Waals surface area (Å²) in [6.45, 7) is 0.531. The van der Waals surface area contributed by atoms with Gasteiger partial charge in [0.1, 0.15) is 0 Å². The number of benzene rings is 3. The summed E-state index contributed by atoms with van der Waals surface area (Å²) in [6, 6.07) is 26.2. The summed E-state index contributed by atoms with van der Waals surface area (Å²) in [5.74, 6) is -4.03. The van der Waals surface area contributed by atoms with E-state index in [1.165, 1.54) is 23.1 Å². The van der Waals surface area contributed by atoms with Gasteiger partial charge in [-0.1, -0.05) is 72.8 Å². The Morgan fingerprint density at radius 3 is 1.90 bits per heavy atom. The van der Waals surface area contributed by atoms with Crippen LogP contribution in [0.1, 0.15) is 28.4 Å². The van der Waals surface area contributed by atoms with Gasteiger partial charge in [-0.05, 0) is 23.8 Å². The number of halogens is 2. The van der Waals surface area contributed by atoms with Crippen LogP contribution in [-0.4, -0.2) is 23.3 Å². The first-order valence-corrected chi connectivity index (χ1v) is 9.37. The Balaban J connectivity index is 0.000000456. The molecule has 3 aromatic carbocycles. The lowest BCUT2D eigenvalue weighted by molar-refractivity contribution is -0.118. The highest BCUT2D eigenvalue weighted by Crippen LogP contribution is 2.27. The Hall–Kier alpha value is -3.54. The number of nitrogens with zero attached hydrogens (tertiary/aromatic N) is 1. The Morgan fingerprint density at radius 1 is 0.867 bits per heavy atom. The van der Waals surface area contributed by atoms with Gasteiger partial charge in [-0.2, -0.15) is 0 Å². The molecule has 156 valence electrons. The second-order valence-electron chi connectivity index (χ2n) is 6.74. The molecule has 4 nitrogen and oxygen atoms in total. The largest absolute Gasteiger partial charge is 0.368 e. The summed E-state index contributed by atoms with van der Waals surface area (Å²) >= 11 is 0. The van der Waals surface area contributed by atoms with E-state index < -0.39 is 11.8 Å². The lowest BCUT2D eigenvalue weighted by atomic mass is 10.1. The zero-order chi connectivity index (χ0) is 22.0. The van der Waals surface area contributed by atoms with Crippen LogP contribution in [-0.2, 0) is 17.3 Å². The number of nitrogens with two attached hydrogens (primary N) is 1. The third kappa shape index (κ3) is 7.47. The van der Waals surface area contributed by atoms with Crippen LogP contribution in [0.2, 0.25) is 0 Å². The zero-order valence-electron chi connectivity index (χ0n) is 16.7. The van der Waals surface area contributed by atoms with Gasteiger partial charge >= 0.3 is 0 Å². The van der Waals surface area contributed by atoms with Crippen LogP contribution >= 0.6 is 0 Å². The number of primary amides is 1. The highest BCUT2D eigenvalue weighted by Gasteiger charge is 2.25. The molecule has 0 aromatic heterocycles. The van der Waals surface area contributed by atoms with E-state index in [0.717, 1.165) is 6.92 Å². The molecule has 0 saturated heterocycles. The van der Waals surface area contributed by atoms with Gasteiger partial charge in [0, 0.05) is 24.6 Å². The number of carbonyl (C=O) groups excluding carboxylic acids is 2. The molecule has 3 aromatic rings. The molecule has 0 heterocycles. The number of carbonyl (C=O) groups is 2. The molecule has 0 fully saturated rings. The first-order chi connectivity index (χ1) is 14.3. The predicted octanol–water partition coefficient (Wildman–Crippen LogP) is 4.61. The minimum absolute atomic E-state index is 0.0145. The number of hydrogen-bond acceptors (Lipinski definition) is 2. The van der Waals surface area contributed by atoms with Crippen LogP contribution in [0.3, 0.4) is 0 Å². The zero-order valence-corrected chi connectivity index (χ0v) is 16.7. The number of amides is 2. The smallest absolute Gasteiger partial charge is 0.270 e. The minimum Gasteiger partial charge on any atom is -0.368 e. The third-order valence-corrected chi connectivity index (χ3v) is 4.13. The average molecular weight is 410 g/mol. The Bertz CT molecular complexity index is 915. The maximum absolute atomic E-state index is 13.5. The van der Waals surface area contributed by atoms with Crippen molar-refractivity contribution in [2.45, 2.75) is 19.4 Å². The van der Waals surface area contributed by atoms with Crippen LogP contribution in [0.15, 0.2) is 91.0 Å². The van der Waals surface area contributed by atoms with Crippen molar-refractivity contribution in [2.75, 3.05) is 6.54 Å². The molecule has 2 N–H and O–H groups in total. The first-order valence-electron chi connectivity index (χ1n) is 9.37. The van der Waals surface area contributed by atoms with Crippen molar-refractivity contribution in [1.29, 1.82) is 0 Å². The van der Waals surface area contributed by atoms with E-state index in [2.05, 4.69) is 0 Å². The van der Waals surface area contributed by atoms with Crippen molar-refractivity contribution >= 4 is 11.8 Å². The molecular formula is C24H24F2N2O2. The molecular weight excluding hydrogens is 386 g/mol. The number of rotatable bonds is 6. The van der Waals surface area contributed by atoms with Crippen molar-refractivity contribution in [3.05, 3.63) is 108 Å². The maximum Gasteiger partial charge on any atom is 0.270 e. The van der Waals surface area contributed by atoms with Crippen LogP contribution in [0.4, 0.5) is 8.78 Å². The van der Waals surface area contributed by atoms with Crippen LogP contribution < -0.4 is 5.73 Å². The van der Waals surface area contributed by atoms with E-state index >= 15 is 0 Å². The van der Waals surface area contributed by atoms with E-state index in [9.17, 15) is 18.4 Å². The Kier molecular flexibility index (Phi) is 8.23. The molecule has 0 unspecified atom stereocenters. The van der Waals surface area contributed by atoms with Crippen molar-refractivity contribution in [1.82, 2.24) is 4.90 Å². The van der Waals surface area contributed by atoms with E-state index in [-0.39, 0.29) is 24.6 Å². The average Bonchev–Trinajstić information content (AvgIpc) is 2.74. The molecule has 6 heteroatoms. The van der Waals surface area contributed by atoms with E-state index in [1.54, 1.807) is 36.4 Å². The second-order valence-corrected chi connectivity index (χ2v) is 6.74. The lowest BCUT2D eigenvalue weighted by Gasteiger charge is -2.22. The molecule has 0 aliphatic heterocycles. The van der Waals surface area contributed by atoms with Gasteiger partial charge in [-0.25, -0.2) is 8.78 Å². The second kappa shape index (κ2) is 10.9. The van der Waals surface area contributed by atoms with Gasteiger partial charge in [-0.15, -0.1) is 0 Å². The summed E-state index contributed by atoms with van der Waals surface area (Å²) in [5.41, 5.74) is 5.96. The molecule has 0 atom stereocenters. The molecule has 30 heavy (non-hydrogen) atoms. The van der Waals surface area contributed by atoms with Crippen LogP contribution in [0.5, 0.6) is 0 Å². The maximum atomic E-state index is 13.5. The molecule has 2 amide bonds. The minimum atomic E-state index is -2.98. The van der Waals surface area contributed by atoms with E-state index in [4.69, 9.17) is 5.73 Å². The van der Waals surface area contributed by atoms with Gasteiger partial charge in [0.15, 0.2) is 0 Å². The molecule has 0 bridgehead atoms. The van der Waals surface area contributed by atoms with Crippen molar-refractivity contribution in [2.24, 2.45) is 5.73 Å². The van der Waals surface area contributed by atoms with Crippen LogP contribution in [0, 0.1) is 0 Å². The molecule has 0 spiro atoms. The SMILES string of the molecule is CC(F)(F)c1cccc(CN(CC(N)=O)C(=O)c2ccccc2)c1.c1ccccc1. The fraction of sp³-hybridized carbons (Fsp3) is 0.167. The number of hydrogen-bond donors (Lipinski definition) is 1. The first kappa shape index (κ1) is 22.7. The monoisotopic (exact) mass is 410 g/mol. The topological polar surface area (TPSA) is 63.4 Å². The van der Waals surface area contributed by atoms with Crippen LogP contribution in [0.25, 0.3) is 0 Å². The lowest BCUT2D eigenvalue weighted by Crippen LogP contribution is -2.38. The summed E-state index contributed by atoms with van der Waals surface area (Å²) in [7, 11) is 0. The van der Waals surface area contributed by atoms with Crippen molar-refractivity contribution < 1.29 is 18.4 Å². The fourth-order valence-corrected chi connectivity index (χ4v) is 2.70. The highest BCUT2D eigenvalue weighted by atomic mass is 19.3. The normalized spacial score (nSPS) is 10.5. The molecule has 0 saturated carbocycles. The summed E-state index contributed by atoms with van der Waals surface area (Å²) in [6.07, 6.45) is 0. The van der Waals surface area contributed by atoms with E-state index in [1.807, 2.05) is 36.4 Å². The summed E-state index contributed by atoms with van der Waals surface area (Å²) < 4.78 is 26.9. The standard InChI is InChI=1S/C18H18F2N2O2.C6H6/c1-18(19,20)15-9-5-6-13(10-15)11-22(12-16(21)23)17(24)14-7-3-2-4-8-14;1-2-4-6-5-3-1/h2-10H,11-12H2,1H3,(H2,21,23);1-6H. The van der Waals surface area contributed by atoms with Gasteiger partial charge in [0.25, 0.3) is 11.8 Å². The summed E-state index contributed by atoms with van der Waals surface area (Å²) in [5, 5.41) is 0. The summed E-state index contributed by atoms with van der Waals surface area (Å²) in [4.78, 5) is 25.0. The third-order valence-electron chi connectivity index (χ3n) is 4.13. The Labute approximate surface area is 174 Å². The quantitative estimate of drug-likeness (QED) is 0.645. The predicted molar refractivity (Wildman–Crippen MR) is 113 cm³/mol. The molecule has 3 rings (SSSR count). The highest BCUT2D eigenvalue weighted by molar-refractivity contribution is 5.96. The Morgan fingerprint density at radius 2 is 1.40 bits per heavy atom. The van der Waals surface area contributed by atoms with Crippen molar-refractivity contribution in [3.63, 3.8) is 0 Å².